The van der Waals surface area contributed by atoms with E-state index in [-0.39, 0.29) is 11.6 Å². The first-order chi connectivity index (χ1) is 9.65. The molecule has 1 heterocycles. The molecule has 0 spiro atoms. The van der Waals surface area contributed by atoms with Crippen molar-refractivity contribution in [3.63, 3.8) is 0 Å². The number of benzene rings is 2. The maximum absolute atomic E-state index is 13.0. The smallest absolute Gasteiger partial charge is 0.200 e. The number of aromatic nitrogens is 3. The van der Waals surface area contributed by atoms with Gasteiger partial charge in [0, 0.05) is 5.56 Å². The van der Waals surface area contributed by atoms with Crippen LogP contribution in [-0.4, -0.2) is 19.9 Å². The van der Waals surface area contributed by atoms with Crippen LogP contribution in [0, 0.1) is 10.6 Å². The Bertz CT molecular complexity index is 791. The molecule has 2 aromatic carbocycles. The molecule has 4 nitrogen and oxygen atoms in total. The third-order valence-corrected chi connectivity index (χ3v) is 3.16. The van der Waals surface area contributed by atoms with Crippen molar-refractivity contribution < 1.29 is 9.50 Å². The Morgan fingerprint density at radius 3 is 2.35 bits per heavy atom. The Kier molecular flexibility index (Phi) is 3.08. The second-order valence-electron chi connectivity index (χ2n) is 4.21. The van der Waals surface area contributed by atoms with Crippen molar-refractivity contribution in [3.05, 3.63) is 59.1 Å². The van der Waals surface area contributed by atoms with Crippen LogP contribution in [-0.2, 0) is 0 Å². The number of hydrogen-bond acceptors (Lipinski definition) is 3. The molecule has 2 N–H and O–H groups in total. The fourth-order valence-electron chi connectivity index (χ4n) is 1.93. The largest absolute Gasteiger partial charge is 0.508 e. The van der Waals surface area contributed by atoms with Gasteiger partial charge >= 0.3 is 0 Å². The van der Waals surface area contributed by atoms with Gasteiger partial charge in [-0.05, 0) is 60.7 Å². The lowest BCUT2D eigenvalue weighted by Gasteiger charge is -2.07. The van der Waals surface area contributed by atoms with Crippen LogP contribution in [0.1, 0.15) is 0 Å². The van der Waals surface area contributed by atoms with E-state index in [0.717, 1.165) is 5.56 Å². The highest BCUT2D eigenvalue weighted by Crippen LogP contribution is 2.23. The Hall–Kier alpha value is -2.47. The molecule has 0 atom stereocenters. The van der Waals surface area contributed by atoms with Crippen LogP contribution in [0.4, 0.5) is 4.39 Å². The molecule has 100 valence electrons. The molecule has 0 unspecified atom stereocenters. The van der Waals surface area contributed by atoms with Crippen molar-refractivity contribution in [2.45, 2.75) is 0 Å². The number of H-pyrrole nitrogens is 1. The van der Waals surface area contributed by atoms with Gasteiger partial charge in [0.15, 0.2) is 10.6 Å². The van der Waals surface area contributed by atoms with Gasteiger partial charge in [-0.25, -0.2) is 4.39 Å². The van der Waals surface area contributed by atoms with E-state index in [4.69, 9.17) is 12.2 Å². The summed E-state index contributed by atoms with van der Waals surface area (Å²) in [5.74, 6) is 0.466. The zero-order valence-corrected chi connectivity index (χ0v) is 11.1. The minimum atomic E-state index is -0.310. The molecule has 0 aliphatic rings. The minimum absolute atomic E-state index is 0.177. The summed E-state index contributed by atoms with van der Waals surface area (Å²) >= 11 is 5.22. The summed E-state index contributed by atoms with van der Waals surface area (Å²) in [4.78, 5) is 0. The van der Waals surface area contributed by atoms with E-state index in [1.807, 2.05) is 0 Å². The van der Waals surface area contributed by atoms with Gasteiger partial charge in [0.25, 0.3) is 0 Å². The van der Waals surface area contributed by atoms with Crippen molar-refractivity contribution in [2.75, 3.05) is 0 Å². The van der Waals surface area contributed by atoms with Crippen LogP contribution in [0.3, 0.4) is 0 Å². The summed E-state index contributed by atoms with van der Waals surface area (Å²) < 4.78 is 15.1. The van der Waals surface area contributed by atoms with Gasteiger partial charge in [-0.3, -0.25) is 9.67 Å². The fourth-order valence-corrected chi connectivity index (χ4v) is 2.17. The van der Waals surface area contributed by atoms with Crippen LogP contribution in [0.5, 0.6) is 5.75 Å². The van der Waals surface area contributed by atoms with Crippen LogP contribution < -0.4 is 0 Å². The third kappa shape index (κ3) is 2.21. The van der Waals surface area contributed by atoms with Gasteiger partial charge in [0.2, 0.25) is 0 Å². The normalized spacial score (nSPS) is 10.7. The quantitative estimate of drug-likeness (QED) is 0.710. The SMILES string of the molecule is Oc1ccc(-c2n[nH]c(=S)n2-c2ccc(F)cc2)cc1. The maximum atomic E-state index is 13.0. The van der Waals surface area contributed by atoms with Gasteiger partial charge in [0.05, 0.1) is 5.69 Å². The van der Waals surface area contributed by atoms with Crippen LogP contribution in [0.15, 0.2) is 48.5 Å². The van der Waals surface area contributed by atoms with Gasteiger partial charge in [-0.1, -0.05) is 0 Å². The Morgan fingerprint density at radius 2 is 1.70 bits per heavy atom. The summed E-state index contributed by atoms with van der Waals surface area (Å²) in [5.41, 5.74) is 1.51. The van der Waals surface area contributed by atoms with Crippen molar-refractivity contribution in [1.82, 2.24) is 14.8 Å². The first-order valence-corrected chi connectivity index (χ1v) is 6.29. The highest BCUT2D eigenvalue weighted by Gasteiger charge is 2.10. The molecule has 0 saturated carbocycles. The highest BCUT2D eigenvalue weighted by atomic mass is 32.1. The minimum Gasteiger partial charge on any atom is -0.508 e. The van der Waals surface area contributed by atoms with E-state index in [1.165, 1.54) is 12.1 Å². The molecular formula is C14H10FN3OS. The zero-order chi connectivity index (χ0) is 14.1. The number of nitrogens with one attached hydrogen (secondary N) is 1. The maximum Gasteiger partial charge on any atom is 0.200 e. The monoisotopic (exact) mass is 287 g/mol. The van der Waals surface area contributed by atoms with E-state index in [2.05, 4.69) is 10.2 Å². The molecule has 20 heavy (non-hydrogen) atoms. The summed E-state index contributed by atoms with van der Waals surface area (Å²) in [6.45, 7) is 0. The summed E-state index contributed by atoms with van der Waals surface area (Å²) in [5, 5.41) is 16.2. The lowest BCUT2D eigenvalue weighted by atomic mass is 10.2. The van der Waals surface area contributed by atoms with Crippen molar-refractivity contribution in [2.24, 2.45) is 0 Å². The first kappa shape index (κ1) is 12.6. The topological polar surface area (TPSA) is 53.8 Å². The predicted molar refractivity (Wildman–Crippen MR) is 75.8 cm³/mol. The Morgan fingerprint density at radius 1 is 1.05 bits per heavy atom. The molecule has 0 amide bonds. The van der Waals surface area contributed by atoms with Crippen LogP contribution in [0.2, 0.25) is 0 Å². The van der Waals surface area contributed by atoms with Gasteiger partial charge in [-0.15, -0.1) is 0 Å². The Labute approximate surface area is 119 Å². The molecule has 0 bridgehead atoms. The average Bonchev–Trinajstić information content (AvgIpc) is 2.83. The lowest BCUT2D eigenvalue weighted by Crippen LogP contribution is -1.97. The molecule has 0 aliphatic heterocycles. The second-order valence-corrected chi connectivity index (χ2v) is 4.60. The predicted octanol–water partition coefficient (Wildman–Crippen LogP) is 3.44. The van der Waals surface area contributed by atoms with Gasteiger partial charge in [-0.2, -0.15) is 5.10 Å². The number of rotatable bonds is 2. The Balaban J connectivity index is 2.17. The van der Waals surface area contributed by atoms with Crippen molar-refractivity contribution in [1.29, 1.82) is 0 Å². The molecule has 0 saturated heterocycles. The molecule has 3 rings (SSSR count). The number of phenols is 1. The van der Waals surface area contributed by atoms with Gasteiger partial charge in [0.1, 0.15) is 11.6 Å². The van der Waals surface area contributed by atoms with E-state index < -0.39 is 0 Å². The highest BCUT2D eigenvalue weighted by molar-refractivity contribution is 7.71. The van der Waals surface area contributed by atoms with Crippen molar-refractivity contribution in [3.8, 4) is 22.8 Å². The molecule has 0 aliphatic carbocycles. The number of nitrogens with zero attached hydrogens (tertiary/aromatic N) is 2. The second kappa shape index (κ2) is 4.90. The summed E-state index contributed by atoms with van der Waals surface area (Å²) in [6.07, 6.45) is 0. The number of hydrogen-bond donors (Lipinski definition) is 2. The molecule has 6 heteroatoms. The number of phenolic OH excluding ortho intramolecular Hbond substituents is 1. The van der Waals surface area contributed by atoms with Crippen molar-refractivity contribution >= 4 is 12.2 Å². The third-order valence-electron chi connectivity index (χ3n) is 2.88. The van der Waals surface area contributed by atoms with E-state index in [9.17, 15) is 9.50 Å². The zero-order valence-electron chi connectivity index (χ0n) is 10.2. The van der Waals surface area contributed by atoms with E-state index in [0.29, 0.717) is 16.3 Å². The molecule has 1 aromatic heterocycles. The number of aromatic amines is 1. The standard InChI is InChI=1S/C14H10FN3OS/c15-10-3-5-11(6-4-10)18-13(16-17-14(18)20)9-1-7-12(19)8-2-9/h1-8,19H,(H,17,20). The average molecular weight is 287 g/mol. The summed E-state index contributed by atoms with van der Waals surface area (Å²) in [7, 11) is 0. The summed E-state index contributed by atoms with van der Waals surface area (Å²) in [6, 6.07) is 12.6. The van der Waals surface area contributed by atoms with E-state index >= 15 is 0 Å². The molecule has 0 radical (unpaired) electrons. The number of aromatic hydroxyl groups is 1. The fraction of sp³-hybridized carbons (Fsp3) is 0. The number of halogens is 1. The van der Waals surface area contributed by atoms with Crippen LogP contribution in [0.25, 0.3) is 17.1 Å². The van der Waals surface area contributed by atoms with Crippen LogP contribution >= 0.6 is 12.2 Å². The molecule has 3 aromatic rings. The lowest BCUT2D eigenvalue weighted by molar-refractivity contribution is 0.475. The molecular weight excluding hydrogens is 277 g/mol. The first-order valence-electron chi connectivity index (χ1n) is 5.88. The van der Waals surface area contributed by atoms with E-state index in [1.54, 1.807) is 41.0 Å². The van der Waals surface area contributed by atoms with Gasteiger partial charge < -0.3 is 5.11 Å². The molecule has 0 fully saturated rings.